The van der Waals surface area contributed by atoms with Crippen molar-refractivity contribution in [2.24, 2.45) is 0 Å². The van der Waals surface area contributed by atoms with Gasteiger partial charge in [0.2, 0.25) is 0 Å². The van der Waals surface area contributed by atoms with Crippen molar-refractivity contribution in [3.8, 4) is 0 Å². The highest BCUT2D eigenvalue weighted by molar-refractivity contribution is 5.85. The number of quaternary nitrogens is 1. The van der Waals surface area contributed by atoms with Crippen molar-refractivity contribution in [1.82, 2.24) is 9.78 Å². The fourth-order valence-electron chi connectivity index (χ4n) is 1.69. The van der Waals surface area contributed by atoms with Crippen molar-refractivity contribution in [1.29, 1.82) is 0 Å². The summed E-state index contributed by atoms with van der Waals surface area (Å²) in [6, 6.07) is 2.11. The first-order valence-electron chi connectivity index (χ1n) is 4.11. The van der Waals surface area contributed by atoms with E-state index in [4.69, 9.17) is 0 Å². The van der Waals surface area contributed by atoms with Crippen molar-refractivity contribution in [2.45, 2.75) is 13.0 Å². The lowest BCUT2D eigenvalue weighted by atomic mass is 10.2. The maximum atomic E-state index is 11.5. The van der Waals surface area contributed by atoms with Crippen LogP contribution in [0.3, 0.4) is 0 Å². The van der Waals surface area contributed by atoms with E-state index in [9.17, 15) is 4.79 Å². The van der Waals surface area contributed by atoms with Crippen LogP contribution in [0.25, 0.3) is 0 Å². The van der Waals surface area contributed by atoms with Crippen LogP contribution < -0.4 is 4.90 Å². The van der Waals surface area contributed by atoms with Crippen LogP contribution in [-0.4, -0.2) is 29.3 Å². The van der Waals surface area contributed by atoms with E-state index in [0.717, 1.165) is 17.1 Å². The second-order valence-electron chi connectivity index (χ2n) is 3.32. The minimum absolute atomic E-state index is 0.144. The topological polar surface area (TPSA) is 39.3 Å². The van der Waals surface area contributed by atoms with E-state index >= 15 is 0 Å². The van der Waals surface area contributed by atoms with Gasteiger partial charge in [-0.25, -0.2) is 9.48 Å². The maximum Gasteiger partial charge on any atom is 0.362 e. The minimum Gasteiger partial charge on any atom is -0.267 e. The van der Waals surface area contributed by atoms with Crippen molar-refractivity contribution < 1.29 is 9.69 Å². The Morgan fingerprint density at radius 3 is 3.25 bits per heavy atom. The fraction of sp³-hybridized carbons (Fsp3) is 0.500. The number of hydrogen-bond donors (Lipinski definition) is 1. The van der Waals surface area contributed by atoms with Gasteiger partial charge < -0.3 is 0 Å². The first kappa shape index (κ1) is 7.49. The summed E-state index contributed by atoms with van der Waals surface area (Å²) in [6.07, 6.45) is 1.68. The van der Waals surface area contributed by atoms with Crippen molar-refractivity contribution >= 4 is 5.91 Å². The molecule has 2 unspecified atom stereocenters. The normalized spacial score (nSPS) is 28.7. The number of aromatic nitrogens is 2. The van der Waals surface area contributed by atoms with Crippen molar-refractivity contribution in [3.63, 3.8) is 0 Å². The van der Waals surface area contributed by atoms with Crippen LogP contribution >= 0.6 is 0 Å². The number of carbonyl (C=O) groups is 1. The average molecular weight is 166 g/mol. The summed E-state index contributed by atoms with van der Waals surface area (Å²) in [5.41, 5.74) is 0.728. The molecule has 4 nitrogen and oxygen atoms in total. The molecule has 0 saturated heterocycles. The molecule has 0 radical (unpaired) electrons. The maximum absolute atomic E-state index is 11.5. The first-order valence-corrected chi connectivity index (χ1v) is 4.11. The zero-order chi connectivity index (χ0) is 8.72. The number of likely N-dealkylation sites (N-methyl/N-ethyl adjacent to an activating group) is 1. The molecule has 2 heterocycles. The minimum atomic E-state index is 0.144. The number of rotatable bonds is 0. The summed E-state index contributed by atoms with van der Waals surface area (Å²) in [6.45, 7) is 2.90. The Bertz CT molecular complexity index is 318. The molecule has 0 bridgehead atoms. The van der Waals surface area contributed by atoms with Crippen LogP contribution in [0, 0.1) is 0 Å². The van der Waals surface area contributed by atoms with Crippen LogP contribution in [0.1, 0.15) is 23.5 Å². The quantitative estimate of drug-likeness (QED) is 0.543. The summed E-state index contributed by atoms with van der Waals surface area (Å²) in [4.78, 5) is 12.5. The number of nitrogens with one attached hydrogen (secondary N) is 1. The fourth-order valence-corrected chi connectivity index (χ4v) is 1.69. The van der Waals surface area contributed by atoms with Crippen LogP contribution in [-0.2, 0) is 0 Å². The molecule has 1 aliphatic heterocycles. The summed E-state index contributed by atoms with van der Waals surface area (Å²) < 4.78 is 1.80. The van der Waals surface area contributed by atoms with E-state index in [0.29, 0.717) is 6.04 Å². The largest absolute Gasteiger partial charge is 0.362 e. The van der Waals surface area contributed by atoms with Crippen molar-refractivity contribution in [2.75, 3.05) is 13.6 Å². The molecule has 1 amide bonds. The van der Waals surface area contributed by atoms with Gasteiger partial charge in [0, 0.05) is 6.20 Å². The lowest BCUT2D eigenvalue weighted by Gasteiger charge is -2.23. The standard InChI is InChI=1S/C8H11N3O/c1-6-5-10(2)8(12)7-3-4-9-11(6)7/h3-4,6H,5H2,1-2H3/p+1. The van der Waals surface area contributed by atoms with Crippen LogP contribution in [0.4, 0.5) is 0 Å². The highest BCUT2D eigenvalue weighted by atomic mass is 16.2. The SMILES string of the molecule is CC1C[NH+](C)C(=O)c2ccnn21. The van der Waals surface area contributed by atoms with E-state index in [-0.39, 0.29) is 5.91 Å². The molecule has 2 rings (SSSR count). The van der Waals surface area contributed by atoms with Crippen LogP contribution in [0.15, 0.2) is 12.3 Å². The van der Waals surface area contributed by atoms with E-state index in [1.807, 2.05) is 7.05 Å². The smallest absolute Gasteiger partial charge is 0.267 e. The molecule has 0 spiro atoms. The molecule has 64 valence electrons. The highest BCUT2D eigenvalue weighted by Crippen LogP contribution is 2.09. The summed E-state index contributed by atoms with van der Waals surface area (Å²) in [5.74, 6) is 0.144. The Labute approximate surface area is 70.8 Å². The van der Waals surface area contributed by atoms with Crippen LogP contribution in [0.2, 0.25) is 0 Å². The molecule has 0 fully saturated rings. The molecular formula is C8H12N3O+. The Morgan fingerprint density at radius 1 is 1.75 bits per heavy atom. The van der Waals surface area contributed by atoms with Gasteiger partial charge in [0.25, 0.3) is 0 Å². The van der Waals surface area contributed by atoms with Crippen molar-refractivity contribution in [3.05, 3.63) is 18.0 Å². The zero-order valence-corrected chi connectivity index (χ0v) is 7.24. The molecule has 1 aromatic heterocycles. The second-order valence-corrected chi connectivity index (χ2v) is 3.32. The zero-order valence-electron chi connectivity index (χ0n) is 7.24. The predicted molar refractivity (Wildman–Crippen MR) is 43.0 cm³/mol. The molecule has 1 aromatic rings. The van der Waals surface area contributed by atoms with Gasteiger partial charge in [0.15, 0.2) is 5.69 Å². The average Bonchev–Trinajstić information content (AvgIpc) is 2.48. The second kappa shape index (κ2) is 2.42. The lowest BCUT2D eigenvalue weighted by Crippen LogP contribution is -3.13. The third kappa shape index (κ3) is 0.881. The molecule has 2 atom stereocenters. The highest BCUT2D eigenvalue weighted by Gasteiger charge is 2.31. The molecule has 0 aliphatic carbocycles. The summed E-state index contributed by atoms with van der Waals surface area (Å²) in [7, 11) is 1.90. The monoisotopic (exact) mass is 166 g/mol. The van der Waals surface area contributed by atoms with E-state index in [2.05, 4.69) is 12.0 Å². The Balaban J connectivity index is 2.50. The molecule has 4 heteroatoms. The molecule has 0 saturated carbocycles. The van der Waals surface area contributed by atoms with E-state index < -0.39 is 0 Å². The van der Waals surface area contributed by atoms with Gasteiger partial charge in [0.1, 0.15) is 6.54 Å². The van der Waals surface area contributed by atoms with Crippen LogP contribution in [0.5, 0.6) is 0 Å². The molecule has 0 aromatic carbocycles. The number of fused-ring (bicyclic) bond motifs is 1. The molecule has 12 heavy (non-hydrogen) atoms. The number of hydrogen-bond acceptors (Lipinski definition) is 2. The third-order valence-electron chi connectivity index (χ3n) is 2.31. The Hall–Kier alpha value is -1.16. The Kier molecular flexibility index (Phi) is 1.51. The molecule has 1 N–H and O–H groups in total. The predicted octanol–water partition coefficient (Wildman–Crippen LogP) is -0.887. The number of carbonyl (C=O) groups excluding carboxylic acids is 1. The number of amides is 1. The van der Waals surface area contributed by atoms with Gasteiger partial charge in [-0.15, -0.1) is 0 Å². The van der Waals surface area contributed by atoms with Gasteiger partial charge in [-0.05, 0) is 13.0 Å². The van der Waals surface area contributed by atoms with Gasteiger partial charge in [-0.3, -0.25) is 4.90 Å². The number of nitrogens with zero attached hydrogens (tertiary/aromatic N) is 2. The lowest BCUT2D eigenvalue weighted by molar-refractivity contribution is -0.797. The van der Waals surface area contributed by atoms with E-state index in [1.54, 1.807) is 16.9 Å². The summed E-state index contributed by atoms with van der Waals surface area (Å²) in [5, 5.41) is 4.11. The van der Waals surface area contributed by atoms with E-state index in [1.165, 1.54) is 0 Å². The van der Waals surface area contributed by atoms with Gasteiger partial charge in [0.05, 0.1) is 13.1 Å². The Morgan fingerprint density at radius 2 is 2.50 bits per heavy atom. The third-order valence-corrected chi connectivity index (χ3v) is 2.31. The molecular weight excluding hydrogens is 154 g/mol. The molecule has 1 aliphatic rings. The van der Waals surface area contributed by atoms with Gasteiger partial charge in [-0.2, -0.15) is 5.10 Å². The van der Waals surface area contributed by atoms with Gasteiger partial charge >= 0.3 is 5.91 Å². The van der Waals surface area contributed by atoms with Gasteiger partial charge in [-0.1, -0.05) is 0 Å². The first-order chi connectivity index (χ1) is 5.70. The summed E-state index contributed by atoms with van der Waals surface area (Å²) >= 11 is 0.